The monoisotopic (exact) mass is 517 g/mol. The standard InChI is InChI=1S/C25H32N3O7P/c1-6-33-36(32,34-7-2)21-13-20(35-27(21)5)23(29)26-17-11-16-9-8-10-18-22(16)19(12-17)25(31)28(24(18)30)14-15(3)4/h8-12,15,20-21H,6-7,13-14H2,1-5H3,(H,26,29)/t20-,21+/m0/s1. The van der Waals surface area contributed by atoms with E-state index in [1.165, 1.54) is 9.96 Å². The van der Waals surface area contributed by atoms with Crippen LogP contribution in [0, 0.1) is 5.92 Å². The molecule has 10 nitrogen and oxygen atoms in total. The van der Waals surface area contributed by atoms with Crippen molar-refractivity contribution in [1.82, 2.24) is 9.96 Å². The van der Waals surface area contributed by atoms with Gasteiger partial charge in [0, 0.05) is 36.7 Å². The first-order valence-electron chi connectivity index (χ1n) is 12.1. The van der Waals surface area contributed by atoms with Crippen LogP contribution in [0.2, 0.25) is 0 Å². The summed E-state index contributed by atoms with van der Waals surface area (Å²) in [6.45, 7) is 8.02. The molecule has 4 rings (SSSR count). The van der Waals surface area contributed by atoms with Crippen LogP contribution in [-0.4, -0.2) is 66.4 Å². The first-order chi connectivity index (χ1) is 17.1. The summed E-state index contributed by atoms with van der Waals surface area (Å²) in [5.41, 5.74) is 1.23. The van der Waals surface area contributed by atoms with Crippen molar-refractivity contribution in [1.29, 1.82) is 0 Å². The zero-order valence-electron chi connectivity index (χ0n) is 21.1. The minimum atomic E-state index is -3.52. The normalized spacial score (nSPS) is 20.6. The number of anilines is 1. The Balaban J connectivity index is 1.60. The highest BCUT2D eigenvalue weighted by Crippen LogP contribution is 2.57. The summed E-state index contributed by atoms with van der Waals surface area (Å²) in [5.74, 6) is -1.78. The van der Waals surface area contributed by atoms with Crippen molar-refractivity contribution in [2.45, 2.75) is 46.0 Å². The van der Waals surface area contributed by atoms with Crippen LogP contribution in [0.25, 0.3) is 10.8 Å². The minimum Gasteiger partial charge on any atom is -0.324 e. The number of hydrogen-bond donors (Lipinski definition) is 1. The third kappa shape index (κ3) is 4.84. The average molecular weight is 518 g/mol. The molecule has 0 unspecified atom stereocenters. The van der Waals surface area contributed by atoms with E-state index in [1.807, 2.05) is 13.8 Å². The Bertz CT molecular complexity index is 1240. The van der Waals surface area contributed by atoms with E-state index >= 15 is 0 Å². The number of nitrogens with one attached hydrogen (secondary N) is 1. The van der Waals surface area contributed by atoms with Gasteiger partial charge in [-0.3, -0.25) is 28.7 Å². The summed E-state index contributed by atoms with van der Waals surface area (Å²) in [6, 6.07) is 8.58. The molecule has 0 aliphatic carbocycles. The number of nitrogens with zero attached hydrogens (tertiary/aromatic N) is 2. The van der Waals surface area contributed by atoms with Crippen LogP contribution in [-0.2, 0) is 23.2 Å². The molecule has 0 radical (unpaired) electrons. The van der Waals surface area contributed by atoms with Crippen molar-refractivity contribution < 1.29 is 32.8 Å². The summed E-state index contributed by atoms with van der Waals surface area (Å²) in [6.07, 6.45) is -0.817. The molecule has 3 amide bonds. The molecule has 0 bridgehead atoms. The number of benzene rings is 2. The third-order valence-electron chi connectivity index (χ3n) is 6.16. The number of amides is 3. The van der Waals surface area contributed by atoms with Crippen LogP contribution in [0.15, 0.2) is 30.3 Å². The van der Waals surface area contributed by atoms with Crippen molar-refractivity contribution in [3.05, 3.63) is 41.5 Å². The highest BCUT2D eigenvalue weighted by molar-refractivity contribution is 7.54. The molecule has 2 aromatic carbocycles. The molecule has 194 valence electrons. The Labute approximate surface area is 210 Å². The second-order valence-corrected chi connectivity index (χ2v) is 11.5. The maximum atomic E-state index is 13.3. The number of imide groups is 1. The third-order valence-corrected chi connectivity index (χ3v) is 8.66. The molecule has 1 saturated heterocycles. The molecule has 2 aliphatic rings. The van der Waals surface area contributed by atoms with E-state index in [4.69, 9.17) is 13.9 Å². The minimum absolute atomic E-state index is 0.107. The Morgan fingerprint density at radius 1 is 1.14 bits per heavy atom. The van der Waals surface area contributed by atoms with Gasteiger partial charge in [0.05, 0.1) is 18.8 Å². The highest BCUT2D eigenvalue weighted by Gasteiger charge is 2.48. The number of hydrogen-bond acceptors (Lipinski definition) is 8. The molecule has 1 N–H and O–H groups in total. The fourth-order valence-electron chi connectivity index (χ4n) is 4.69. The number of carbonyl (C=O) groups is 3. The van der Waals surface area contributed by atoms with Gasteiger partial charge >= 0.3 is 7.60 Å². The summed E-state index contributed by atoms with van der Waals surface area (Å²) < 4.78 is 24.1. The van der Waals surface area contributed by atoms with Crippen LogP contribution in [0.4, 0.5) is 5.69 Å². The van der Waals surface area contributed by atoms with Gasteiger partial charge in [0.2, 0.25) is 0 Å². The second kappa shape index (κ2) is 10.4. The molecule has 2 aliphatic heterocycles. The van der Waals surface area contributed by atoms with E-state index in [-0.39, 0.29) is 37.4 Å². The lowest BCUT2D eigenvalue weighted by molar-refractivity contribution is -0.155. The summed E-state index contributed by atoms with van der Waals surface area (Å²) >= 11 is 0. The molecule has 36 heavy (non-hydrogen) atoms. The van der Waals surface area contributed by atoms with E-state index in [2.05, 4.69) is 5.32 Å². The lowest BCUT2D eigenvalue weighted by Crippen LogP contribution is -2.42. The van der Waals surface area contributed by atoms with Gasteiger partial charge in [-0.15, -0.1) is 0 Å². The zero-order valence-corrected chi connectivity index (χ0v) is 22.0. The van der Waals surface area contributed by atoms with Gasteiger partial charge in [-0.25, -0.2) is 0 Å². The van der Waals surface area contributed by atoms with Gasteiger partial charge in [0.15, 0.2) is 6.10 Å². The van der Waals surface area contributed by atoms with E-state index in [9.17, 15) is 18.9 Å². The molecule has 1 fully saturated rings. The lowest BCUT2D eigenvalue weighted by Gasteiger charge is -2.29. The first kappa shape index (κ1) is 26.4. The van der Waals surface area contributed by atoms with Crippen LogP contribution in [0.3, 0.4) is 0 Å². The van der Waals surface area contributed by atoms with E-state index in [0.717, 1.165) is 0 Å². The molecular weight excluding hydrogens is 485 g/mol. The molecule has 2 atom stereocenters. The number of rotatable bonds is 9. The molecule has 2 heterocycles. The van der Waals surface area contributed by atoms with Crippen LogP contribution in [0.1, 0.15) is 54.8 Å². The van der Waals surface area contributed by atoms with E-state index < -0.39 is 25.4 Å². The number of hydroxylamine groups is 2. The predicted octanol–water partition coefficient (Wildman–Crippen LogP) is 4.26. The fourth-order valence-corrected chi connectivity index (χ4v) is 6.73. The first-order valence-corrected chi connectivity index (χ1v) is 13.7. The van der Waals surface area contributed by atoms with Gasteiger partial charge in [0.25, 0.3) is 17.7 Å². The Kier molecular flexibility index (Phi) is 7.64. The average Bonchev–Trinajstić information content (AvgIpc) is 3.22. The van der Waals surface area contributed by atoms with Crippen LogP contribution in [0.5, 0.6) is 0 Å². The molecular formula is C25H32N3O7P. The van der Waals surface area contributed by atoms with Gasteiger partial charge in [-0.1, -0.05) is 26.0 Å². The summed E-state index contributed by atoms with van der Waals surface area (Å²) in [4.78, 5) is 46.3. The topological polar surface area (TPSA) is 114 Å². The number of carbonyl (C=O) groups excluding carboxylic acids is 3. The van der Waals surface area contributed by atoms with Gasteiger partial charge in [-0.05, 0) is 43.4 Å². The smallest absolute Gasteiger partial charge is 0.324 e. The zero-order chi connectivity index (χ0) is 26.2. The Morgan fingerprint density at radius 2 is 1.81 bits per heavy atom. The quantitative estimate of drug-likeness (QED) is 0.388. The molecule has 11 heteroatoms. The lowest BCUT2D eigenvalue weighted by atomic mass is 9.93. The maximum Gasteiger partial charge on any atom is 0.350 e. The SMILES string of the molecule is CCOP(=O)(OCC)[C@@H]1C[C@@H](C(=O)Nc2cc3c4c(cccc4c2)C(=O)N(CC(C)C)C3=O)ON1C. The fraction of sp³-hybridized carbons (Fsp3) is 0.480. The van der Waals surface area contributed by atoms with Gasteiger partial charge in [-0.2, -0.15) is 5.06 Å². The largest absolute Gasteiger partial charge is 0.350 e. The summed E-state index contributed by atoms with van der Waals surface area (Å²) in [7, 11) is -1.93. The van der Waals surface area contributed by atoms with E-state index in [0.29, 0.717) is 34.1 Å². The van der Waals surface area contributed by atoms with Crippen molar-refractivity contribution in [2.75, 3.05) is 32.1 Å². The Hall–Kier alpha value is -2.62. The second-order valence-electron chi connectivity index (χ2n) is 9.26. The molecule has 0 aromatic heterocycles. The predicted molar refractivity (Wildman–Crippen MR) is 135 cm³/mol. The van der Waals surface area contributed by atoms with Crippen molar-refractivity contribution in [3.63, 3.8) is 0 Å². The van der Waals surface area contributed by atoms with E-state index in [1.54, 1.807) is 51.2 Å². The summed E-state index contributed by atoms with van der Waals surface area (Å²) in [5, 5.41) is 5.43. The molecule has 2 aromatic rings. The van der Waals surface area contributed by atoms with Crippen molar-refractivity contribution >= 4 is 41.8 Å². The van der Waals surface area contributed by atoms with Crippen LogP contribution < -0.4 is 5.32 Å². The molecule has 0 saturated carbocycles. The van der Waals surface area contributed by atoms with Crippen molar-refractivity contribution in [3.8, 4) is 0 Å². The molecule has 0 spiro atoms. The Morgan fingerprint density at radius 3 is 2.44 bits per heavy atom. The highest BCUT2D eigenvalue weighted by atomic mass is 31.2. The van der Waals surface area contributed by atoms with Crippen LogP contribution >= 0.6 is 7.60 Å². The van der Waals surface area contributed by atoms with Gasteiger partial charge in [0.1, 0.15) is 5.78 Å². The van der Waals surface area contributed by atoms with Gasteiger partial charge < -0.3 is 14.4 Å². The van der Waals surface area contributed by atoms with Crippen molar-refractivity contribution in [2.24, 2.45) is 5.92 Å². The maximum absolute atomic E-state index is 13.3.